The van der Waals surface area contributed by atoms with Crippen molar-refractivity contribution < 1.29 is 9.90 Å². The lowest BCUT2D eigenvalue weighted by atomic mass is 9.96. The minimum absolute atomic E-state index is 0.0324. The molecule has 0 aromatic heterocycles. The number of hydrogen-bond acceptors (Lipinski definition) is 3. The van der Waals surface area contributed by atoms with Crippen LogP contribution in [0.1, 0.15) is 32.6 Å². The standard InChI is InChI=1S/C11H20N2O2/c1-10(12,8-2-3-8)9(15)13-6-11(7-14)4-5-11/h8,14H,2-7,12H2,1H3,(H,13,15). The Balaban J connectivity index is 1.81. The van der Waals surface area contributed by atoms with Crippen molar-refractivity contribution in [2.45, 2.75) is 38.1 Å². The molecule has 0 heterocycles. The molecular formula is C11H20N2O2. The zero-order valence-corrected chi connectivity index (χ0v) is 9.25. The van der Waals surface area contributed by atoms with Gasteiger partial charge in [0.05, 0.1) is 12.1 Å². The van der Waals surface area contributed by atoms with E-state index >= 15 is 0 Å². The first kappa shape index (κ1) is 10.9. The summed E-state index contributed by atoms with van der Waals surface area (Å²) in [6, 6.07) is 0. The summed E-state index contributed by atoms with van der Waals surface area (Å²) in [7, 11) is 0. The average Bonchev–Trinajstić information content (AvgIpc) is 3.04. The smallest absolute Gasteiger partial charge is 0.240 e. The van der Waals surface area contributed by atoms with E-state index in [0.717, 1.165) is 25.7 Å². The Morgan fingerprint density at radius 1 is 1.60 bits per heavy atom. The second-order valence-corrected chi connectivity index (χ2v) is 5.40. The van der Waals surface area contributed by atoms with Crippen molar-refractivity contribution in [3.63, 3.8) is 0 Å². The molecule has 0 radical (unpaired) electrons. The summed E-state index contributed by atoms with van der Waals surface area (Å²) >= 11 is 0. The first-order chi connectivity index (χ1) is 7.00. The summed E-state index contributed by atoms with van der Waals surface area (Å²) in [6.45, 7) is 2.54. The predicted molar refractivity (Wildman–Crippen MR) is 57.1 cm³/mol. The topological polar surface area (TPSA) is 75.4 Å². The number of aliphatic hydroxyl groups excluding tert-OH is 1. The van der Waals surface area contributed by atoms with Gasteiger partial charge in [0, 0.05) is 12.0 Å². The molecule has 2 saturated carbocycles. The van der Waals surface area contributed by atoms with Crippen LogP contribution in [0.5, 0.6) is 0 Å². The third-order valence-corrected chi connectivity index (χ3v) is 3.83. The molecule has 1 amide bonds. The van der Waals surface area contributed by atoms with E-state index in [1.807, 2.05) is 0 Å². The largest absolute Gasteiger partial charge is 0.396 e. The highest BCUT2D eigenvalue weighted by Crippen LogP contribution is 2.44. The Kier molecular flexibility index (Phi) is 2.51. The molecular weight excluding hydrogens is 192 g/mol. The Labute approximate surface area is 90.2 Å². The molecule has 15 heavy (non-hydrogen) atoms. The van der Waals surface area contributed by atoms with Gasteiger partial charge in [0.2, 0.25) is 5.91 Å². The summed E-state index contributed by atoms with van der Waals surface area (Å²) in [6.07, 6.45) is 4.14. The van der Waals surface area contributed by atoms with Crippen LogP contribution >= 0.6 is 0 Å². The number of amides is 1. The van der Waals surface area contributed by atoms with Gasteiger partial charge in [-0.3, -0.25) is 4.79 Å². The second-order valence-electron chi connectivity index (χ2n) is 5.40. The van der Waals surface area contributed by atoms with Crippen LogP contribution in [0.3, 0.4) is 0 Å². The number of aliphatic hydroxyl groups is 1. The summed E-state index contributed by atoms with van der Waals surface area (Å²) < 4.78 is 0. The van der Waals surface area contributed by atoms with Crippen molar-refractivity contribution in [3.8, 4) is 0 Å². The van der Waals surface area contributed by atoms with Crippen LogP contribution in [0.2, 0.25) is 0 Å². The molecule has 0 aliphatic heterocycles. The van der Waals surface area contributed by atoms with Crippen LogP contribution in [-0.4, -0.2) is 29.7 Å². The van der Waals surface area contributed by atoms with Gasteiger partial charge >= 0.3 is 0 Å². The van der Waals surface area contributed by atoms with Crippen LogP contribution in [0.4, 0.5) is 0 Å². The van der Waals surface area contributed by atoms with E-state index in [9.17, 15) is 4.79 Å². The van der Waals surface area contributed by atoms with Crippen molar-refractivity contribution in [2.24, 2.45) is 17.1 Å². The Morgan fingerprint density at radius 2 is 2.20 bits per heavy atom. The van der Waals surface area contributed by atoms with E-state index in [1.54, 1.807) is 6.92 Å². The maximum atomic E-state index is 11.8. The highest BCUT2D eigenvalue weighted by molar-refractivity contribution is 5.86. The zero-order valence-electron chi connectivity index (χ0n) is 9.25. The van der Waals surface area contributed by atoms with E-state index in [1.165, 1.54) is 0 Å². The predicted octanol–water partition coefficient (Wildman–Crippen LogP) is 0.00250. The van der Waals surface area contributed by atoms with Crippen molar-refractivity contribution in [1.29, 1.82) is 0 Å². The minimum atomic E-state index is -0.717. The van der Waals surface area contributed by atoms with Crippen molar-refractivity contribution in [2.75, 3.05) is 13.2 Å². The molecule has 0 spiro atoms. The van der Waals surface area contributed by atoms with Gasteiger partial charge in [0.25, 0.3) is 0 Å². The maximum Gasteiger partial charge on any atom is 0.240 e. The van der Waals surface area contributed by atoms with Crippen molar-refractivity contribution in [1.82, 2.24) is 5.32 Å². The highest BCUT2D eigenvalue weighted by Gasteiger charge is 2.46. The fourth-order valence-corrected chi connectivity index (χ4v) is 1.89. The number of carbonyl (C=O) groups excluding carboxylic acids is 1. The fraction of sp³-hybridized carbons (Fsp3) is 0.909. The maximum absolute atomic E-state index is 11.8. The van der Waals surface area contributed by atoms with E-state index < -0.39 is 5.54 Å². The van der Waals surface area contributed by atoms with E-state index in [2.05, 4.69) is 5.32 Å². The molecule has 0 bridgehead atoms. The summed E-state index contributed by atoms with van der Waals surface area (Å²) in [5, 5.41) is 12.0. The molecule has 1 unspecified atom stereocenters. The number of hydrogen-bond donors (Lipinski definition) is 3. The molecule has 2 rings (SSSR count). The van der Waals surface area contributed by atoms with E-state index in [4.69, 9.17) is 10.8 Å². The lowest BCUT2D eigenvalue weighted by Crippen LogP contribution is -2.54. The molecule has 0 aromatic rings. The molecule has 0 saturated heterocycles. The molecule has 0 aromatic carbocycles. The Hall–Kier alpha value is -0.610. The molecule has 2 aliphatic rings. The summed E-state index contributed by atoms with van der Waals surface area (Å²) in [4.78, 5) is 11.8. The van der Waals surface area contributed by atoms with Crippen LogP contribution in [0, 0.1) is 11.3 Å². The minimum Gasteiger partial charge on any atom is -0.396 e. The monoisotopic (exact) mass is 212 g/mol. The van der Waals surface area contributed by atoms with Gasteiger partial charge in [-0.1, -0.05) is 0 Å². The van der Waals surface area contributed by atoms with Gasteiger partial charge in [0.1, 0.15) is 0 Å². The molecule has 86 valence electrons. The molecule has 2 aliphatic carbocycles. The Morgan fingerprint density at radius 3 is 2.60 bits per heavy atom. The number of nitrogens with one attached hydrogen (secondary N) is 1. The van der Waals surface area contributed by atoms with Gasteiger partial charge in [0.15, 0.2) is 0 Å². The lowest BCUT2D eigenvalue weighted by molar-refractivity contribution is -0.126. The van der Waals surface area contributed by atoms with Crippen LogP contribution < -0.4 is 11.1 Å². The highest BCUT2D eigenvalue weighted by atomic mass is 16.3. The van der Waals surface area contributed by atoms with Gasteiger partial charge in [-0.25, -0.2) is 0 Å². The normalized spacial score (nSPS) is 26.9. The summed E-state index contributed by atoms with van der Waals surface area (Å²) in [5.74, 6) is 0.284. The molecule has 4 heteroatoms. The number of rotatable bonds is 5. The first-order valence-electron chi connectivity index (χ1n) is 5.68. The lowest BCUT2D eigenvalue weighted by Gasteiger charge is -2.24. The van der Waals surface area contributed by atoms with E-state index in [0.29, 0.717) is 12.5 Å². The molecule has 4 nitrogen and oxygen atoms in total. The van der Waals surface area contributed by atoms with Crippen LogP contribution in [0.15, 0.2) is 0 Å². The first-order valence-corrected chi connectivity index (χ1v) is 5.68. The molecule has 1 atom stereocenters. The van der Waals surface area contributed by atoms with Gasteiger partial charge in [-0.05, 0) is 38.5 Å². The van der Waals surface area contributed by atoms with Crippen LogP contribution in [-0.2, 0) is 4.79 Å². The zero-order chi connectivity index (χ0) is 11.1. The number of carbonyl (C=O) groups is 1. The van der Waals surface area contributed by atoms with Crippen molar-refractivity contribution in [3.05, 3.63) is 0 Å². The molecule has 2 fully saturated rings. The summed E-state index contributed by atoms with van der Waals surface area (Å²) in [5.41, 5.74) is 5.23. The SMILES string of the molecule is CC(N)(C(=O)NCC1(CO)CC1)C1CC1. The quantitative estimate of drug-likeness (QED) is 0.600. The van der Waals surface area contributed by atoms with Gasteiger partial charge < -0.3 is 16.2 Å². The number of nitrogens with two attached hydrogens (primary N) is 1. The Bertz CT molecular complexity index is 268. The third-order valence-electron chi connectivity index (χ3n) is 3.83. The third kappa shape index (κ3) is 2.16. The van der Waals surface area contributed by atoms with Gasteiger partial charge in [-0.15, -0.1) is 0 Å². The average molecular weight is 212 g/mol. The fourth-order valence-electron chi connectivity index (χ4n) is 1.89. The van der Waals surface area contributed by atoms with E-state index in [-0.39, 0.29) is 17.9 Å². The van der Waals surface area contributed by atoms with Crippen molar-refractivity contribution >= 4 is 5.91 Å². The van der Waals surface area contributed by atoms with Crippen LogP contribution in [0.25, 0.3) is 0 Å². The molecule has 4 N–H and O–H groups in total. The second kappa shape index (κ2) is 3.46. The van der Waals surface area contributed by atoms with Gasteiger partial charge in [-0.2, -0.15) is 0 Å².